The van der Waals surface area contributed by atoms with Gasteiger partial charge in [-0.05, 0) is 68.9 Å². The highest BCUT2D eigenvalue weighted by Gasteiger charge is 2.38. The van der Waals surface area contributed by atoms with Gasteiger partial charge in [0.15, 0.2) is 0 Å². The van der Waals surface area contributed by atoms with Crippen molar-refractivity contribution in [3.8, 4) is 22.5 Å². The number of pyridine rings is 1. The summed E-state index contributed by atoms with van der Waals surface area (Å²) in [5, 5.41) is 10.6. The van der Waals surface area contributed by atoms with E-state index in [2.05, 4.69) is 65.7 Å². The van der Waals surface area contributed by atoms with Gasteiger partial charge in [0.1, 0.15) is 18.1 Å². The van der Waals surface area contributed by atoms with E-state index in [0.717, 1.165) is 44.7 Å². The van der Waals surface area contributed by atoms with Gasteiger partial charge in [-0.2, -0.15) is 0 Å². The molecular weight excluding hydrogens is 745 g/mol. The smallest absolute Gasteiger partial charge is 0.324 e. The Kier molecular flexibility index (Phi) is 12.7. The predicted octanol–water partition coefficient (Wildman–Crippen LogP) is 5.50. The van der Waals surface area contributed by atoms with Crippen molar-refractivity contribution in [3.63, 3.8) is 0 Å². The molecule has 0 saturated carbocycles. The Morgan fingerprint density at radius 1 is 1.19 bits per heavy atom. The molecule has 1 fully saturated rings. The molecule has 4 aromatic rings. The highest BCUT2D eigenvalue weighted by molar-refractivity contribution is 7.10. The van der Waals surface area contributed by atoms with Crippen molar-refractivity contribution >= 4 is 46.1 Å². The number of aryl methyl sites for hydroxylation is 1. The number of esters is 1. The number of nitrogens with zero attached hydrogens (tertiary/aromatic N) is 5. The lowest BCUT2D eigenvalue weighted by atomic mass is 9.84. The summed E-state index contributed by atoms with van der Waals surface area (Å²) in [6, 6.07) is 7.36. The third-order valence-electron chi connectivity index (χ3n) is 11.0. The topological polar surface area (TPSA) is 160 Å². The number of urea groups is 1. The number of nitrogens with one attached hydrogen (secondary N) is 3. The number of hydrogen-bond acceptors (Lipinski definition) is 10. The van der Waals surface area contributed by atoms with Gasteiger partial charge in [0.2, 0.25) is 5.91 Å². The fraction of sp³-hybridized carbons (Fsp3) is 0.524. The van der Waals surface area contributed by atoms with Crippen LogP contribution in [0.5, 0.6) is 0 Å². The van der Waals surface area contributed by atoms with Crippen LogP contribution >= 0.6 is 11.3 Å². The normalized spacial score (nSPS) is 19.8. The van der Waals surface area contributed by atoms with Crippen LogP contribution in [0.25, 0.3) is 33.4 Å². The number of rotatable bonds is 8. The summed E-state index contributed by atoms with van der Waals surface area (Å²) in [6.07, 6.45) is 3.30. The summed E-state index contributed by atoms with van der Waals surface area (Å²) in [5.41, 5.74) is 9.34. The van der Waals surface area contributed by atoms with Gasteiger partial charge in [-0.25, -0.2) is 15.2 Å². The minimum absolute atomic E-state index is 0.108. The monoisotopic (exact) mass is 800 g/mol. The SMILES string of the molecule is CCn1c(-c2cccnc2C(C)OC)c2c3cc(ccc31)-c1csc(n1)CC(NC(=O)C(C(C)C)N(C)C(=O)NC)C(=O)N1CCC[C@H](N1)C(=O)OCC(C)(C)C2. The van der Waals surface area contributed by atoms with E-state index in [0.29, 0.717) is 37.4 Å². The van der Waals surface area contributed by atoms with Gasteiger partial charge in [-0.3, -0.25) is 24.4 Å². The number of fused-ring (bicyclic) bond motifs is 6. The summed E-state index contributed by atoms with van der Waals surface area (Å²) >= 11 is 1.42. The molecule has 0 aliphatic carbocycles. The van der Waals surface area contributed by atoms with Gasteiger partial charge in [0.05, 0.1) is 34.8 Å². The minimum Gasteiger partial charge on any atom is -0.464 e. The number of carbonyl (C=O) groups excluding carboxylic acids is 4. The first-order valence-corrected chi connectivity index (χ1v) is 20.6. The Bertz CT molecular complexity index is 2130. The zero-order valence-corrected chi connectivity index (χ0v) is 35.3. The third kappa shape index (κ3) is 8.70. The molecule has 1 aromatic carbocycles. The quantitative estimate of drug-likeness (QED) is 0.196. The Morgan fingerprint density at radius 3 is 2.67 bits per heavy atom. The van der Waals surface area contributed by atoms with Crippen LogP contribution in [0.2, 0.25) is 0 Å². The number of amides is 4. The van der Waals surface area contributed by atoms with Gasteiger partial charge in [-0.1, -0.05) is 33.8 Å². The molecule has 3 unspecified atom stereocenters. The van der Waals surface area contributed by atoms with E-state index < -0.39 is 47.4 Å². The molecule has 0 spiro atoms. The largest absolute Gasteiger partial charge is 0.464 e. The molecule has 5 heterocycles. The van der Waals surface area contributed by atoms with Crippen molar-refractivity contribution in [2.75, 3.05) is 34.4 Å². The lowest BCUT2D eigenvalue weighted by molar-refractivity contribution is -0.155. The zero-order valence-electron chi connectivity index (χ0n) is 34.5. The molecule has 14 nitrogen and oxygen atoms in total. The number of likely N-dealkylation sites (N-methyl/N-ethyl adjacent to an activating group) is 1. The zero-order chi connectivity index (χ0) is 41.2. The van der Waals surface area contributed by atoms with Crippen molar-refractivity contribution in [2.24, 2.45) is 11.3 Å². The summed E-state index contributed by atoms with van der Waals surface area (Å²) in [4.78, 5) is 65.8. The molecule has 2 aliphatic heterocycles. The Hall–Kier alpha value is -4.86. The van der Waals surface area contributed by atoms with Gasteiger partial charge in [-0.15, -0.1) is 11.3 Å². The maximum atomic E-state index is 14.3. The van der Waals surface area contributed by atoms with Gasteiger partial charge < -0.3 is 29.6 Å². The Balaban J connectivity index is 1.48. The number of cyclic esters (lactones) is 1. The Morgan fingerprint density at radius 2 is 1.96 bits per heavy atom. The molecule has 3 N–H and O–H groups in total. The highest BCUT2D eigenvalue weighted by atomic mass is 32.1. The van der Waals surface area contributed by atoms with E-state index in [1.54, 1.807) is 20.4 Å². The fourth-order valence-electron chi connectivity index (χ4n) is 8.05. The van der Waals surface area contributed by atoms with E-state index in [9.17, 15) is 19.2 Å². The third-order valence-corrected chi connectivity index (χ3v) is 11.9. The van der Waals surface area contributed by atoms with Crippen molar-refractivity contribution in [2.45, 2.75) is 98.0 Å². The van der Waals surface area contributed by atoms with Crippen LogP contribution < -0.4 is 16.1 Å². The van der Waals surface area contributed by atoms with E-state index in [1.807, 2.05) is 32.2 Å². The predicted molar refractivity (Wildman–Crippen MR) is 220 cm³/mol. The van der Waals surface area contributed by atoms with Crippen LogP contribution in [0.4, 0.5) is 4.79 Å². The number of benzene rings is 1. The minimum atomic E-state index is -1.03. The number of ether oxygens (including phenoxy) is 2. The van der Waals surface area contributed by atoms with Crippen LogP contribution in [0.15, 0.2) is 41.9 Å². The second-order valence-electron chi connectivity index (χ2n) is 16.1. The maximum Gasteiger partial charge on any atom is 0.324 e. The maximum absolute atomic E-state index is 14.3. The van der Waals surface area contributed by atoms with Crippen molar-refractivity contribution < 1.29 is 28.7 Å². The van der Waals surface area contributed by atoms with Crippen LogP contribution in [0, 0.1) is 11.3 Å². The van der Waals surface area contributed by atoms with Crippen molar-refractivity contribution in [1.29, 1.82) is 0 Å². The molecule has 3 aromatic heterocycles. The van der Waals surface area contributed by atoms with E-state index in [-0.39, 0.29) is 25.0 Å². The molecule has 306 valence electrons. The molecular formula is C42H56N8O6S. The highest BCUT2D eigenvalue weighted by Crippen LogP contribution is 2.42. The molecule has 15 heteroatoms. The first-order valence-electron chi connectivity index (χ1n) is 19.7. The molecule has 57 heavy (non-hydrogen) atoms. The molecule has 4 atom stereocenters. The van der Waals surface area contributed by atoms with Crippen molar-refractivity contribution in [3.05, 3.63) is 58.2 Å². The number of hydrazine groups is 1. The standard InChI is InChI=1S/C42H56N8O6S/c1-10-49-33-16-15-26-19-28(33)29(37(49)27-13-11-17-44-35(27)25(4)55-9)21-42(5,6)23-56-40(53)30-14-12-18-50(47-30)39(52)31(20-34-45-32(26)22-57-34)46-38(51)36(24(2)3)48(8)41(54)43-7/h11,13,15-17,19,22,24-25,30-31,36,47H,10,12,14,18,20-21,23H2,1-9H3,(H,43,54)(H,46,51)/t25?,30-,31?,36?/m0/s1. The summed E-state index contributed by atoms with van der Waals surface area (Å²) in [7, 11) is 4.75. The van der Waals surface area contributed by atoms with Gasteiger partial charge in [0, 0.05) is 79.7 Å². The fourth-order valence-corrected chi connectivity index (χ4v) is 8.90. The van der Waals surface area contributed by atoms with E-state index >= 15 is 0 Å². The van der Waals surface area contributed by atoms with Crippen LogP contribution in [0.1, 0.15) is 76.8 Å². The molecule has 2 aliphatic rings. The average Bonchev–Trinajstić information content (AvgIpc) is 3.79. The van der Waals surface area contributed by atoms with Crippen LogP contribution in [-0.4, -0.2) is 101 Å². The molecule has 6 rings (SSSR count). The second kappa shape index (κ2) is 17.3. The number of thiazole rings is 1. The summed E-state index contributed by atoms with van der Waals surface area (Å²) in [5.74, 6) is -1.56. The molecule has 1 saturated heterocycles. The second-order valence-corrected chi connectivity index (χ2v) is 17.1. The number of methoxy groups -OCH3 is 1. The van der Waals surface area contributed by atoms with Gasteiger partial charge in [0.25, 0.3) is 5.91 Å². The number of aromatic nitrogens is 3. The van der Waals surface area contributed by atoms with E-state index in [4.69, 9.17) is 19.4 Å². The van der Waals surface area contributed by atoms with Crippen LogP contribution in [0.3, 0.4) is 0 Å². The molecule has 6 bridgehead atoms. The molecule has 0 radical (unpaired) electrons. The lowest BCUT2D eigenvalue weighted by Crippen LogP contribution is -2.62. The average molecular weight is 801 g/mol. The van der Waals surface area contributed by atoms with E-state index in [1.165, 1.54) is 28.3 Å². The van der Waals surface area contributed by atoms with Gasteiger partial charge >= 0.3 is 12.0 Å². The Labute approximate surface area is 338 Å². The van der Waals surface area contributed by atoms with Crippen LogP contribution in [-0.2, 0) is 43.2 Å². The number of carbonyl (C=O) groups is 4. The first-order chi connectivity index (χ1) is 27.2. The molecule has 4 amide bonds. The summed E-state index contributed by atoms with van der Waals surface area (Å²) < 4.78 is 14.2. The first kappa shape index (κ1) is 41.8. The number of hydrogen-bond donors (Lipinski definition) is 3. The lowest BCUT2D eigenvalue weighted by Gasteiger charge is -2.36. The van der Waals surface area contributed by atoms with Crippen molar-refractivity contribution in [1.82, 2.24) is 40.5 Å². The summed E-state index contributed by atoms with van der Waals surface area (Å²) in [6.45, 7) is 13.2.